The van der Waals surface area contributed by atoms with Gasteiger partial charge in [-0.3, -0.25) is 4.79 Å². The first-order valence-electron chi connectivity index (χ1n) is 6.33. The van der Waals surface area contributed by atoms with Crippen LogP contribution >= 0.6 is 0 Å². The zero-order chi connectivity index (χ0) is 13.9. The molecule has 5 heteroatoms. The molecular formula is C15H13NO4. The summed E-state index contributed by atoms with van der Waals surface area (Å²) in [7, 11) is 0. The van der Waals surface area contributed by atoms with E-state index in [9.17, 15) is 9.59 Å². The van der Waals surface area contributed by atoms with Gasteiger partial charge in [0, 0.05) is 5.56 Å². The van der Waals surface area contributed by atoms with Crippen molar-refractivity contribution in [3.63, 3.8) is 0 Å². The Bertz CT molecular complexity index is 633. The second-order valence-electron chi connectivity index (χ2n) is 4.54. The monoisotopic (exact) mass is 271 g/mol. The maximum atomic E-state index is 11.9. The van der Waals surface area contributed by atoms with Gasteiger partial charge >= 0.3 is 5.97 Å². The number of ether oxygens (including phenoxy) is 1. The molecule has 1 aliphatic rings. The van der Waals surface area contributed by atoms with E-state index in [0.29, 0.717) is 17.9 Å². The van der Waals surface area contributed by atoms with E-state index in [1.54, 1.807) is 30.5 Å². The highest BCUT2D eigenvalue weighted by atomic mass is 16.5. The third-order valence-corrected chi connectivity index (χ3v) is 3.19. The molecule has 20 heavy (non-hydrogen) atoms. The van der Waals surface area contributed by atoms with Gasteiger partial charge in [0.2, 0.25) is 5.91 Å². The van der Waals surface area contributed by atoms with Crippen molar-refractivity contribution in [2.75, 3.05) is 0 Å². The van der Waals surface area contributed by atoms with Crippen molar-refractivity contribution in [2.24, 2.45) is 0 Å². The Balaban J connectivity index is 1.61. The van der Waals surface area contributed by atoms with Crippen molar-refractivity contribution in [3.8, 4) is 0 Å². The van der Waals surface area contributed by atoms with Crippen LogP contribution in [0.2, 0.25) is 0 Å². The van der Waals surface area contributed by atoms with Crippen molar-refractivity contribution in [1.29, 1.82) is 0 Å². The van der Waals surface area contributed by atoms with Crippen LogP contribution in [0.5, 0.6) is 0 Å². The number of benzene rings is 1. The lowest BCUT2D eigenvalue weighted by molar-refractivity contribution is -0.123. The van der Waals surface area contributed by atoms with Crippen molar-refractivity contribution in [3.05, 3.63) is 59.5 Å². The average Bonchev–Trinajstić information content (AvgIpc) is 3.07. The van der Waals surface area contributed by atoms with Gasteiger partial charge < -0.3 is 14.5 Å². The summed E-state index contributed by atoms with van der Waals surface area (Å²) in [5, 5.41) is 2.73. The fourth-order valence-electron chi connectivity index (χ4n) is 2.21. The zero-order valence-corrected chi connectivity index (χ0v) is 10.7. The minimum absolute atomic E-state index is 0.115. The van der Waals surface area contributed by atoms with Gasteiger partial charge in [0.15, 0.2) is 0 Å². The van der Waals surface area contributed by atoms with Crippen LogP contribution < -0.4 is 5.32 Å². The summed E-state index contributed by atoms with van der Waals surface area (Å²) in [6.45, 7) is 0.328. The molecule has 1 amide bonds. The van der Waals surface area contributed by atoms with Crippen LogP contribution in [-0.4, -0.2) is 11.9 Å². The van der Waals surface area contributed by atoms with Gasteiger partial charge in [-0.15, -0.1) is 0 Å². The number of carbonyl (C=O) groups is 2. The smallest absolute Gasteiger partial charge is 0.339 e. The van der Waals surface area contributed by atoms with Crippen molar-refractivity contribution >= 4 is 11.9 Å². The van der Waals surface area contributed by atoms with E-state index in [0.717, 1.165) is 5.56 Å². The maximum Gasteiger partial charge on any atom is 0.339 e. The third kappa shape index (κ3) is 2.42. The number of hydrogen-bond donors (Lipinski definition) is 1. The Morgan fingerprint density at radius 1 is 1.20 bits per heavy atom. The fourth-order valence-corrected chi connectivity index (χ4v) is 2.21. The summed E-state index contributed by atoms with van der Waals surface area (Å²) in [4.78, 5) is 23.5. The number of cyclic esters (lactones) is 1. The Morgan fingerprint density at radius 3 is 2.85 bits per heavy atom. The van der Waals surface area contributed by atoms with E-state index < -0.39 is 6.10 Å². The van der Waals surface area contributed by atoms with Crippen LogP contribution in [-0.2, 0) is 16.1 Å². The van der Waals surface area contributed by atoms with E-state index in [1.807, 2.05) is 12.1 Å². The van der Waals surface area contributed by atoms with Crippen LogP contribution in [0.25, 0.3) is 0 Å². The highest BCUT2D eigenvalue weighted by molar-refractivity contribution is 5.94. The maximum absolute atomic E-state index is 11.9. The van der Waals surface area contributed by atoms with Gasteiger partial charge in [-0.25, -0.2) is 4.79 Å². The summed E-state index contributed by atoms with van der Waals surface area (Å²) in [5.41, 5.74) is 1.31. The molecule has 1 N–H and O–H groups in total. The van der Waals surface area contributed by atoms with E-state index in [1.165, 1.54) is 0 Å². The van der Waals surface area contributed by atoms with Crippen LogP contribution in [0.15, 0.2) is 47.1 Å². The highest BCUT2D eigenvalue weighted by Gasteiger charge is 2.31. The molecule has 1 aromatic heterocycles. The molecule has 0 saturated carbocycles. The lowest BCUT2D eigenvalue weighted by atomic mass is 10.0. The highest BCUT2D eigenvalue weighted by Crippen LogP contribution is 2.32. The van der Waals surface area contributed by atoms with Gasteiger partial charge in [0.25, 0.3) is 0 Å². The van der Waals surface area contributed by atoms with Gasteiger partial charge in [0.1, 0.15) is 11.9 Å². The topological polar surface area (TPSA) is 68.5 Å². The molecule has 5 nitrogen and oxygen atoms in total. The van der Waals surface area contributed by atoms with Crippen LogP contribution in [0.3, 0.4) is 0 Å². The molecule has 1 atom stereocenters. The molecule has 1 aromatic carbocycles. The Labute approximate surface area is 115 Å². The number of furan rings is 1. The molecule has 0 bridgehead atoms. The van der Waals surface area contributed by atoms with Gasteiger partial charge in [0.05, 0.1) is 24.8 Å². The van der Waals surface area contributed by atoms with Gasteiger partial charge in [-0.05, 0) is 18.2 Å². The van der Waals surface area contributed by atoms with Crippen molar-refractivity contribution in [2.45, 2.75) is 19.1 Å². The summed E-state index contributed by atoms with van der Waals surface area (Å²) in [6, 6.07) is 10.7. The Kier molecular flexibility index (Phi) is 3.25. The third-order valence-electron chi connectivity index (χ3n) is 3.19. The summed E-state index contributed by atoms with van der Waals surface area (Å²) >= 11 is 0. The molecule has 0 unspecified atom stereocenters. The van der Waals surface area contributed by atoms with Crippen molar-refractivity contribution < 1.29 is 18.7 Å². The first kappa shape index (κ1) is 12.5. The zero-order valence-electron chi connectivity index (χ0n) is 10.7. The number of fused-ring (bicyclic) bond motifs is 1. The largest absolute Gasteiger partial charge is 0.467 e. The number of esters is 1. The molecule has 102 valence electrons. The van der Waals surface area contributed by atoms with Gasteiger partial charge in [-0.1, -0.05) is 18.2 Å². The van der Waals surface area contributed by atoms with Gasteiger partial charge in [-0.2, -0.15) is 0 Å². The number of carbonyl (C=O) groups excluding carboxylic acids is 2. The van der Waals surface area contributed by atoms with Crippen LogP contribution in [0.4, 0.5) is 0 Å². The van der Waals surface area contributed by atoms with Crippen molar-refractivity contribution in [1.82, 2.24) is 5.32 Å². The quantitative estimate of drug-likeness (QED) is 0.865. The fraction of sp³-hybridized carbons (Fsp3) is 0.200. The Morgan fingerprint density at radius 2 is 2.05 bits per heavy atom. The summed E-state index contributed by atoms with van der Waals surface area (Å²) in [5.74, 6) is 0.127. The molecule has 0 aliphatic carbocycles. The number of hydrogen-bond acceptors (Lipinski definition) is 4. The molecule has 0 saturated heterocycles. The van der Waals surface area contributed by atoms with E-state index >= 15 is 0 Å². The molecular weight excluding hydrogens is 258 g/mol. The molecule has 2 heterocycles. The van der Waals surface area contributed by atoms with E-state index in [-0.39, 0.29) is 18.3 Å². The first-order valence-corrected chi connectivity index (χ1v) is 6.33. The first-order chi connectivity index (χ1) is 9.74. The normalized spacial score (nSPS) is 16.6. The molecule has 1 aliphatic heterocycles. The second-order valence-corrected chi connectivity index (χ2v) is 4.54. The average molecular weight is 271 g/mol. The molecule has 0 spiro atoms. The molecule has 0 fully saturated rings. The lowest BCUT2D eigenvalue weighted by Crippen LogP contribution is -2.24. The number of rotatable bonds is 4. The second kappa shape index (κ2) is 5.21. The summed E-state index contributed by atoms with van der Waals surface area (Å²) < 4.78 is 10.3. The predicted molar refractivity (Wildman–Crippen MR) is 69.8 cm³/mol. The van der Waals surface area contributed by atoms with Crippen LogP contribution in [0, 0.1) is 0 Å². The van der Waals surface area contributed by atoms with E-state index in [4.69, 9.17) is 9.15 Å². The standard InChI is InChI=1S/C15H13NO4/c17-14(16-9-10-4-3-7-19-10)8-13-11-5-1-2-6-12(11)15(18)20-13/h1-7,13H,8-9H2,(H,16,17)/t13-/m1/s1. The molecule has 3 rings (SSSR count). The molecule has 2 aromatic rings. The minimum Gasteiger partial charge on any atom is -0.467 e. The lowest BCUT2D eigenvalue weighted by Gasteiger charge is -2.10. The van der Waals surface area contributed by atoms with E-state index in [2.05, 4.69) is 5.32 Å². The Hall–Kier alpha value is -2.56. The number of nitrogens with one attached hydrogen (secondary N) is 1. The van der Waals surface area contributed by atoms with Crippen LogP contribution in [0.1, 0.15) is 34.2 Å². The predicted octanol–water partition coefficient (Wildman–Crippen LogP) is 2.20. The number of amides is 1. The SMILES string of the molecule is O=C(C[C@H]1OC(=O)c2ccccc21)NCc1ccco1. The summed E-state index contributed by atoms with van der Waals surface area (Å²) in [6.07, 6.45) is 1.16. The molecule has 0 radical (unpaired) electrons. The minimum atomic E-state index is -0.504.